The van der Waals surface area contributed by atoms with Crippen LogP contribution in [0.4, 0.5) is 0 Å². The first-order chi connectivity index (χ1) is 9.70. The van der Waals surface area contributed by atoms with Crippen LogP contribution in [-0.2, 0) is 16.0 Å². The molecular formula is C15H16N2O2S. The molecule has 0 saturated heterocycles. The summed E-state index contributed by atoms with van der Waals surface area (Å²) in [6.45, 7) is 4.28. The lowest BCUT2D eigenvalue weighted by Gasteiger charge is -2.08. The van der Waals surface area contributed by atoms with Crippen molar-refractivity contribution >= 4 is 17.3 Å². The highest BCUT2D eigenvalue weighted by Crippen LogP contribution is 2.40. The van der Waals surface area contributed by atoms with Crippen LogP contribution in [0.15, 0.2) is 18.5 Å². The van der Waals surface area contributed by atoms with Gasteiger partial charge in [-0.15, -0.1) is 11.3 Å². The Labute approximate surface area is 121 Å². The van der Waals surface area contributed by atoms with Gasteiger partial charge in [0.1, 0.15) is 10.9 Å². The number of aromatic nitrogens is 2. The summed E-state index contributed by atoms with van der Waals surface area (Å²) in [4.78, 5) is 22.0. The van der Waals surface area contributed by atoms with Gasteiger partial charge in [-0.05, 0) is 38.3 Å². The zero-order valence-electron chi connectivity index (χ0n) is 11.5. The fraction of sp³-hybridized carbons (Fsp3) is 0.400. The molecule has 20 heavy (non-hydrogen) atoms. The standard InChI is InChI=1S/C15H16N2O2S/c1-3-19-15(18)11-4-5-12-13(11)17-14(20-12)10-6-7-16-8-9(10)2/h6-8,11H,3-5H2,1-2H3. The van der Waals surface area contributed by atoms with Gasteiger partial charge in [0.2, 0.25) is 0 Å². The van der Waals surface area contributed by atoms with Crippen molar-refractivity contribution in [2.75, 3.05) is 6.61 Å². The van der Waals surface area contributed by atoms with Crippen molar-refractivity contribution in [1.82, 2.24) is 9.97 Å². The van der Waals surface area contributed by atoms with Gasteiger partial charge in [-0.25, -0.2) is 4.98 Å². The van der Waals surface area contributed by atoms with E-state index in [1.807, 2.05) is 26.1 Å². The van der Waals surface area contributed by atoms with Crippen molar-refractivity contribution in [1.29, 1.82) is 0 Å². The van der Waals surface area contributed by atoms with Crippen molar-refractivity contribution in [3.8, 4) is 10.6 Å². The van der Waals surface area contributed by atoms with Crippen LogP contribution in [0, 0.1) is 6.92 Å². The lowest BCUT2D eigenvalue weighted by molar-refractivity contribution is -0.145. The number of hydrogen-bond donors (Lipinski definition) is 0. The fourth-order valence-electron chi connectivity index (χ4n) is 2.53. The Morgan fingerprint density at radius 2 is 2.40 bits per heavy atom. The topological polar surface area (TPSA) is 52.1 Å². The van der Waals surface area contributed by atoms with Crippen molar-refractivity contribution in [3.63, 3.8) is 0 Å². The average molecular weight is 288 g/mol. The van der Waals surface area contributed by atoms with Gasteiger partial charge in [0.25, 0.3) is 0 Å². The smallest absolute Gasteiger partial charge is 0.315 e. The second-order valence-corrected chi connectivity index (χ2v) is 5.94. The van der Waals surface area contributed by atoms with E-state index in [2.05, 4.69) is 4.98 Å². The highest BCUT2D eigenvalue weighted by atomic mass is 32.1. The van der Waals surface area contributed by atoms with Crippen LogP contribution >= 0.6 is 11.3 Å². The minimum atomic E-state index is -0.183. The molecule has 104 valence electrons. The number of ether oxygens (including phenoxy) is 1. The number of hydrogen-bond acceptors (Lipinski definition) is 5. The number of fused-ring (bicyclic) bond motifs is 1. The van der Waals surface area contributed by atoms with Crippen LogP contribution in [0.3, 0.4) is 0 Å². The first-order valence-corrected chi connectivity index (χ1v) is 7.59. The van der Waals surface area contributed by atoms with E-state index < -0.39 is 0 Å². The second-order valence-electron chi connectivity index (χ2n) is 4.86. The predicted octanol–water partition coefficient (Wildman–Crippen LogP) is 3.11. The summed E-state index contributed by atoms with van der Waals surface area (Å²) in [6, 6.07) is 1.97. The number of esters is 1. The molecule has 0 bridgehead atoms. The molecule has 0 radical (unpaired) electrons. The normalized spacial score (nSPS) is 17.0. The Morgan fingerprint density at radius 3 is 3.15 bits per heavy atom. The summed E-state index contributed by atoms with van der Waals surface area (Å²) in [7, 11) is 0. The van der Waals surface area contributed by atoms with E-state index in [0.717, 1.165) is 34.7 Å². The van der Waals surface area contributed by atoms with Gasteiger partial charge < -0.3 is 4.74 Å². The number of rotatable bonds is 3. The number of nitrogens with zero attached hydrogens (tertiary/aromatic N) is 2. The average Bonchev–Trinajstić information content (AvgIpc) is 2.99. The number of carbonyl (C=O) groups is 1. The van der Waals surface area contributed by atoms with E-state index in [-0.39, 0.29) is 11.9 Å². The van der Waals surface area contributed by atoms with Gasteiger partial charge in [-0.3, -0.25) is 9.78 Å². The van der Waals surface area contributed by atoms with Gasteiger partial charge in [-0.2, -0.15) is 0 Å². The Bertz CT molecular complexity index is 651. The molecule has 0 saturated carbocycles. The summed E-state index contributed by atoms with van der Waals surface area (Å²) in [6.07, 6.45) is 5.35. The third-order valence-corrected chi connectivity index (χ3v) is 4.70. The molecule has 5 heteroatoms. The Kier molecular flexibility index (Phi) is 3.53. The predicted molar refractivity (Wildman–Crippen MR) is 77.8 cm³/mol. The maximum atomic E-state index is 12.0. The molecule has 3 rings (SSSR count). The van der Waals surface area contributed by atoms with Crippen LogP contribution in [0.25, 0.3) is 10.6 Å². The van der Waals surface area contributed by atoms with Gasteiger partial charge in [0.15, 0.2) is 0 Å². The quantitative estimate of drug-likeness (QED) is 0.814. The Morgan fingerprint density at radius 1 is 1.55 bits per heavy atom. The summed E-state index contributed by atoms with van der Waals surface area (Å²) in [5.74, 6) is -0.327. The second kappa shape index (κ2) is 5.32. The molecule has 1 atom stereocenters. The molecule has 0 fully saturated rings. The third kappa shape index (κ3) is 2.22. The van der Waals surface area contributed by atoms with Crippen molar-refractivity contribution in [2.45, 2.75) is 32.6 Å². The van der Waals surface area contributed by atoms with E-state index in [1.165, 1.54) is 4.88 Å². The Hall–Kier alpha value is -1.75. The van der Waals surface area contributed by atoms with E-state index >= 15 is 0 Å². The van der Waals surface area contributed by atoms with E-state index in [9.17, 15) is 4.79 Å². The molecule has 1 unspecified atom stereocenters. The van der Waals surface area contributed by atoms with E-state index in [1.54, 1.807) is 17.5 Å². The lowest BCUT2D eigenvalue weighted by atomic mass is 10.1. The molecule has 0 spiro atoms. The molecule has 0 N–H and O–H groups in total. The van der Waals surface area contributed by atoms with Gasteiger partial charge >= 0.3 is 5.97 Å². The highest BCUT2D eigenvalue weighted by Gasteiger charge is 2.33. The lowest BCUT2D eigenvalue weighted by Crippen LogP contribution is -2.14. The van der Waals surface area contributed by atoms with Gasteiger partial charge in [-0.1, -0.05) is 0 Å². The fourth-order valence-corrected chi connectivity index (χ4v) is 3.76. The summed E-state index contributed by atoms with van der Waals surface area (Å²) in [5.41, 5.74) is 3.12. The zero-order valence-corrected chi connectivity index (χ0v) is 12.4. The minimum Gasteiger partial charge on any atom is -0.465 e. The molecule has 0 amide bonds. The monoisotopic (exact) mass is 288 g/mol. The van der Waals surface area contributed by atoms with Crippen molar-refractivity contribution < 1.29 is 9.53 Å². The molecule has 1 aliphatic carbocycles. The molecule has 2 heterocycles. The molecule has 2 aromatic rings. The third-order valence-electron chi connectivity index (χ3n) is 3.54. The summed E-state index contributed by atoms with van der Waals surface area (Å²) >= 11 is 1.68. The largest absolute Gasteiger partial charge is 0.465 e. The van der Waals surface area contributed by atoms with Crippen molar-refractivity contribution in [3.05, 3.63) is 34.6 Å². The molecular weight excluding hydrogens is 272 g/mol. The SMILES string of the molecule is CCOC(=O)C1CCc2sc(-c3ccncc3C)nc21. The van der Waals surface area contributed by atoms with E-state index in [4.69, 9.17) is 9.72 Å². The zero-order chi connectivity index (χ0) is 14.1. The van der Waals surface area contributed by atoms with Crippen LogP contribution in [0.2, 0.25) is 0 Å². The highest BCUT2D eigenvalue weighted by molar-refractivity contribution is 7.15. The number of thiazole rings is 1. The minimum absolute atomic E-state index is 0.144. The summed E-state index contributed by atoms with van der Waals surface area (Å²) in [5, 5.41) is 0.976. The van der Waals surface area contributed by atoms with Crippen LogP contribution in [0.1, 0.15) is 35.4 Å². The van der Waals surface area contributed by atoms with Crippen molar-refractivity contribution in [2.24, 2.45) is 0 Å². The number of pyridine rings is 1. The number of carbonyl (C=O) groups excluding carboxylic acids is 1. The van der Waals surface area contributed by atoms with Gasteiger partial charge in [0.05, 0.1) is 12.3 Å². The summed E-state index contributed by atoms with van der Waals surface area (Å²) < 4.78 is 5.14. The Balaban J connectivity index is 1.94. The molecule has 2 aromatic heterocycles. The molecule has 4 nitrogen and oxygen atoms in total. The van der Waals surface area contributed by atoms with Crippen LogP contribution < -0.4 is 0 Å². The van der Waals surface area contributed by atoms with Crippen LogP contribution in [0.5, 0.6) is 0 Å². The first kappa shape index (κ1) is 13.2. The van der Waals surface area contributed by atoms with Gasteiger partial charge in [0, 0.05) is 22.8 Å². The molecule has 0 aromatic carbocycles. The maximum Gasteiger partial charge on any atom is 0.315 e. The number of aryl methyl sites for hydroxylation is 2. The maximum absolute atomic E-state index is 12.0. The van der Waals surface area contributed by atoms with E-state index in [0.29, 0.717) is 6.61 Å². The van der Waals surface area contributed by atoms with Crippen LogP contribution in [-0.4, -0.2) is 22.5 Å². The first-order valence-electron chi connectivity index (χ1n) is 6.78. The molecule has 0 aliphatic heterocycles. The molecule has 1 aliphatic rings.